The first-order valence-electron chi connectivity index (χ1n) is 6.33. The molecule has 0 aromatic carbocycles. The molecule has 4 heteroatoms. The molecule has 0 radical (unpaired) electrons. The number of piperazine rings is 1. The number of nitrogens with zero attached hydrogens (tertiary/aromatic N) is 3. The Bertz CT molecular complexity index is 395. The van der Waals surface area contributed by atoms with E-state index in [0.717, 1.165) is 23.5 Å². The average Bonchev–Trinajstić information content (AvgIpc) is 2.28. The highest BCUT2D eigenvalue weighted by Gasteiger charge is 2.35. The second-order valence-corrected chi connectivity index (χ2v) is 5.94. The summed E-state index contributed by atoms with van der Waals surface area (Å²) in [6.07, 6.45) is 4.05. The summed E-state index contributed by atoms with van der Waals surface area (Å²) in [5.41, 5.74) is 0. The number of pyridine rings is 1. The van der Waals surface area contributed by atoms with E-state index in [1.807, 2.05) is 6.07 Å². The Morgan fingerprint density at radius 1 is 1.24 bits per heavy atom. The highest BCUT2D eigenvalue weighted by atomic mass is 79.9. The molecule has 1 aromatic rings. The molecule has 2 unspecified atom stereocenters. The Morgan fingerprint density at radius 2 is 1.94 bits per heavy atom. The fraction of sp³-hybridized carbons (Fsp3) is 0.615. The van der Waals surface area contributed by atoms with Gasteiger partial charge in [-0.05, 0) is 48.0 Å². The number of likely N-dealkylation sites (N-methyl/N-ethyl adjacent to an activating group) is 1. The van der Waals surface area contributed by atoms with Crippen LogP contribution in [0.25, 0.3) is 0 Å². The third kappa shape index (κ3) is 2.20. The largest absolute Gasteiger partial charge is 0.353 e. The van der Waals surface area contributed by atoms with Crippen LogP contribution in [0.1, 0.15) is 19.3 Å². The van der Waals surface area contributed by atoms with Crippen molar-refractivity contribution < 1.29 is 0 Å². The molecule has 3 nitrogen and oxygen atoms in total. The van der Waals surface area contributed by atoms with Crippen LogP contribution < -0.4 is 4.90 Å². The van der Waals surface area contributed by atoms with Crippen LogP contribution in [0.5, 0.6) is 0 Å². The number of halogens is 1. The van der Waals surface area contributed by atoms with E-state index in [2.05, 4.69) is 49.9 Å². The van der Waals surface area contributed by atoms with Crippen LogP contribution in [-0.4, -0.2) is 42.1 Å². The van der Waals surface area contributed by atoms with Gasteiger partial charge in [-0.2, -0.15) is 0 Å². The van der Waals surface area contributed by atoms with Gasteiger partial charge in [-0.15, -0.1) is 0 Å². The van der Waals surface area contributed by atoms with E-state index < -0.39 is 0 Å². The van der Waals surface area contributed by atoms with Gasteiger partial charge < -0.3 is 4.90 Å². The van der Waals surface area contributed by atoms with Crippen molar-refractivity contribution in [1.29, 1.82) is 0 Å². The zero-order chi connectivity index (χ0) is 11.8. The van der Waals surface area contributed by atoms with Crippen LogP contribution in [0.4, 0.5) is 5.82 Å². The summed E-state index contributed by atoms with van der Waals surface area (Å²) in [7, 11) is 2.28. The number of piperidine rings is 1. The maximum atomic E-state index is 4.57. The van der Waals surface area contributed by atoms with Crippen LogP contribution in [0.15, 0.2) is 22.8 Å². The topological polar surface area (TPSA) is 19.4 Å². The molecule has 0 aliphatic carbocycles. The molecule has 2 aliphatic heterocycles. The second-order valence-electron chi connectivity index (χ2n) is 5.13. The van der Waals surface area contributed by atoms with Crippen LogP contribution in [0, 0.1) is 0 Å². The molecule has 2 atom stereocenters. The number of fused-ring (bicyclic) bond motifs is 2. The van der Waals surface area contributed by atoms with Crippen molar-refractivity contribution in [2.75, 3.05) is 25.0 Å². The summed E-state index contributed by atoms with van der Waals surface area (Å²) >= 11 is 3.45. The van der Waals surface area contributed by atoms with Crippen molar-refractivity contribution in [3.05, 3.63) is 22.8 Å². The zero-order valence-electron chi connectivity index (χ0n) is 10.1. The molecule has 2 saturated heterocycles. The zero-order valence-corrected chi connectivity index (χ0v) is 11.7. The molecule has 1 aromatic heterocycles. The lowest BCUT2D eigenvalue weighted by Gasteiger charge is -2.48. The van der Waals surface area contributed by atoms with Gasteiger partial charge in [0.15, 0.2) is 0 Å². The lowest BCUT2D eigenvalue weighted by atomic mass is 9.92. The first kappa shape index (κ1) is 11.5. The van der Waals surface area contributed by atoms with Gasteiger partial charge in [0, 0.05) is 25.2 Å². The van der Waals surface area contributed by atoms with Gasteiger partial charge in [0.1, 0.15) is 10.4 Å². The van der Waals surface area contributed by atoms with Crippen molar-refractivity contribution in [3.63, 3.8) is 0 Å². The van der Waals surface area contributed by atoms with Gasteiger partial charge in [0.05, 0.1) is 0 Å². The van der Waals surface area contributed by atoms with E-state index in [9.17, 15) is 0 Å². The second kappa shape index (κ2) is 4.58. The maximum absolute atomic E-state index is 4.57. The van der Waals surface area contributed by atoms with Gasteiger partial charge in [0.25, 0.3) is 0 Å². The Labute approximate surface area is 111 Å². The lowest BCUT2D eigenvalue weighted by molar-refractivity contribution is 0.0947. The normalized spacial score (nSPS) is 29.4. The third-order valence-electron chi connectivity index (χ3n) is 4.11. The summed E-state index contributed by atoms with van der Waals surface area (Å²) in [6, 6.07) is 7.60. The van der Waals surface area contributed by atoms with E-state index >= 15 is 0 Å². The van der Waals surface area contributed by atoms with Gasteiger partial charge in [-0.3, -0.25) is 4.90 Å². The summed E-state index contributed by atoms with van der Waals surface area (Å²) in [5.74, 6) is 1.12. The molecule has 92 valence electrons. The molecule has 2 bridgehead atoms. The van der Waals surface area contributed by atoms with E-state index in [0.29, 0.717) is 12.1 Å². The fourth-order valence-electron chi connectivity index (χ4n) is 3.08. The van der Waals surface area contributed by atoms with Gasteiger partial charge in [0.2, 0.25) is 0 Å². The van der Waals surface area contributed by atoms with Crippen LogP contribution in [0.3, 0.4) is 0 Å². The molecule has 2 fully saturated rings. The molecular weight excluding hydrogens is 278 g/mol. The van der Waals surface area contributed by atoms with Gasteiger partial charge in [-0.1, -0.05) is 12.5 Å². The molecule has 3 heterocycles. The summed E-state index contributed by atoms with van der Waals surface area (Å²) in [5, 5.41) is 0. The molecule has 0 spiro atoms. The Morgan fingerprint density at radius 3 is 2.59 bits per heavy atom. The van der Waals surface area contributed by atoms with Crippen LogP contribution in [-0.2, 0) is 0 Å². The molecule has 17 heavy (non-hydrogen) atoms. The number of anilines is 1. The third-order valence-corrected chi connectivity index (χ3v) is 4.55. The van der Waals surface area contributed by atoms with Gasteiger partial charge in [-0.25, -0.2) is 4.98 Å². The van der Waals surface area contributed by atoms with E-state index in [1.54, 1.807) is 0 Å². The minimum Gasteiger partial charge on any atom is -0.353 e. The maximum Gasteiger partial charge on any atom is 0.129 e. The quantitative estimate of drug-likeness (QED) is 0.742. The molecule has 0 saturated carbocycles. The monoisotopic (exact) mass is 295 g/mol. The molecular formula is C13H18BrN3. The highest BCUT2D eigenvalue weighted by Crippen LogP contribution is 2.29. The predicted molar refractivity (Wildman–Crippen MR) is 73.3 cm³/mol. The standard InChI is InChI=1S/C13H18BrN3/c1-16-10-4-2-5-11(16)9-17(8-10)13-7-3-6-12(14)15-13/h3,6-7,10-11H,2,4-5,8-9H2,1H3. The van der Waals surface area contributed by atoms with E-state index in [-0.39, 0.29) is 0 Å². The number of hydrogen-bond donors (Lipinski definition) is 0. The van der Waals surface area contributed by atoms with Crippen molar-refractivity contribution in [2.45, 2.75) is 31.3 Å². The SMILES string of the molecule is CN1C2CCCC1CN(c1cccc(Br)n1)C2. The number of hydrogen-bond acceptors (Lipinski definition) is 3. The van der Waals surface area contributed by atoms with Gasteiger partial charge >= 0.3 is 0 Å². The predicted octanol–water partition coefficient (Wildman–Crippen LogP) is 2.52. The molecule has 2 aliphatic rings. The average molecular weight is 296 g/mol. The highest BCUT2D eigenvalue weighted by molar-refractivity contribution is 9.10. The number of aromatic nitrogens is 1. The molecule has 0 amide bonds. The van der Waals surface area contributed by atoms with Crippen LogP contribution in [0.2, 0.25) is 0 Å². The lowest BCUT2D eigenvalue weighted by Crippen LogP contribution is -2.59. The summed E-state index contributed by atoms with van der Waals surface area (Å²) < 4.78 is 0.930. The van der Waals surface area contributed by atoms with E-state index in [1.165, 1.54) is 19.3 Å². The Hall–Kier alpha value is -0.610. The van der Waals surface area contributed by atoms with E-state index in [4.69, 9.17) is 0 Å². The van der Waals surface area contributed by atoms with Crippen molar-refractivity contribution in [2.24, 2.45) is 0 Å². The minimum atomic E-state index is 0.711. The fourth-order valence-corrected chi connectivity index (χ4v) is 3.41. The minimum absolute atomic E-state index is 0.711. The first-order chi connectivity index (χ1) is 8.24. The Kier molecular flexibility index (Phi) is 3.09. The first-order valence-corrected chi connectivity index (χ1v) is 7.13. The molecule has 0 N–H and O–H groups in total. The van der Waals surface area contributed by atoms with Crippen molar-refractivity contribution >= 4 is 21.7 Å². The smallest absolute Gasteiger partial charge is 0.129 e. The Balaban J connectivity index is 1.82. The van der Waals surface area contributed by atoms with Crippen molar-refractivity contribution in [3.8, 4) is 0 Å². The summed E-state index contributed by atoms with van der Waals surface area (Å²) in [6.45, 7) is 2.24. The number of rotatable bonds is 1. The molecule has 3 rings (SSSR count). The van der Waals surface area contributed by atoms with Crippen LogP contribution >= 0.6 is 15.9 Å². The van der Waals surface area contributed by atoms with Crippen molar-refractivity contribution in [1.82, 2.24) is 9.88 Å². The summed E-state index contributed by atoms with van der Waals surface area (Å²) in [4.78, 5) is 9.58.